The van der Waals surface area contributed by atoms with Gasteiger partial charge in [-0.3, -0.25) is 9.80 Å². The lowest BCUT2D eigenvalue weighted by Crippen LogP contribution is -2.48. The second-order valence-corrected chi connectivity index (χ2v) is 7.25. The Balaban J connectivity index is 1.40. The van der Waals surface area contributed by atoms with Crippen LogP contribution in [0.3, 0.4) is 0 Å². The molecule has 0 unspecified atom stereocenters. The van der Waals surface area contributed by atoms with Crippen molar-refractivity contribution in [3.63, 3.8) is 0 Å². The van der Waals surface area contributed by atoms with Gasteiger partial charge in [-0.1, -0.05) is 48.5 Å². The Labute approximate surface area is 157 Å². The standard InChI is InChI=1S/C22H30N2O2/c1-18-7-6-8-19(2)22(18)26-17-21(25)16-24-13-11-23(12-14-24)15-20-9-4-3-5-10-20/h3-10,21,25H,11-17H2,1-2H3/t21-/m0/s1. The summed E-state index contributed by atoms with van der Waals surface area (Å²) in [6.45, 7) is 10.2. The molecule has 0 spiro atoms. The number of aliphatic hydroxyl groups is 1. The van der Waals surface area contributed by atoms with Crippen LogP contribution in [-0.2, 0) is 6.54 Å². The zero-order valence-corrected chi connectivity index (χ0v) is 15.9. The number of hydrogen-bond acceptors (Lipinski definition) is 4. The number of aliphatic hydroxyl groups excluding tert-OH is 1. The molecule has 2 aromatic carbocycles. The fourth-order valence-corrected chi connectivity index (χ4v) is 3.53. The quantitative estimate of drug-likeness (QED) is 0.829. The van der Waals surface area contributed by atoms with E-state index in [1.54, 1.807) is 0 Å². The number of ether oxygens (including phenoxy) is 1. The first-order chi connectivity index (χ1) is 12.6. The molecule has 1 heterocycles. The molecule has 0 aromatic heterocycles. The highest BCUT2D eigenvalue weighted by atomic mass is 16.5. The van der Waals surface area contributed by atoms with Crippen molar-refractivity contribution < 1.29 is 9.84 Å². The van der Waals surface area contributed by atoms with Crippen LogP contribution in [0.4, 0.5) is 0 Å². The van der Waals surface area contributed by atoms with Crippen molar-refractivity contribution in [3.05, 3.63) is 65.2 Å². The third-order valence-corrected chi connectivity index (χ3v) is 5.01. The number of nitrogens with zero attached hydrogens (tertiary/aromatic N) is 2. The maximum Gasteiger partial charge on any atom is 0.125 e. The van der Waals surface area contributed by atoms with Crippen LogP contribution in [0.15, 0.2) is 48.5 Å². The van der Waals surface area contributed by atoms with Crippen molar-refractivity contribution in [2.75, 3.05) is 39.3 Å². The molecule has 0 radical (unpaired) electrons. The molecule has 1 saturated heterocycles. The Hall–Kier alpha value is -1.88. The average molecular weight is 354 g/mol. The Bertz CT molecular complexity index is 662. The highest BCUT2D eigenvalue weighted by Gasteiger charge is 2.19. The Morgan fingerprint density at radius 1 is 0.885 bits per heavy atom. The minimum Gasteiger partial charge on any atom is -0.490 e. The Morgan fingerprint density at radius 2 is 1.50 bits per heavy atom. The van der Waals surface area contributed by atoms with Crippen LogP contribution in [-0.4, -0.2) is 60.3 Å². The van der Waals surface area contributed by atoms with Crippen LogP contribution in [0.2, 0.25) is 0 Å². The Morgan fingerprint density at radius 3 is 2.15 bits per heavy atom. The Kier molecular flexibility index (Phi) is 6.67. The van der Waals surface area contributed by atoms with Gasteiger partial charge in [0.05, 0.1) is 0 Å². The van der Waals surface area contributed by atoms with E-state index in [2.05, 4.69) is 40.1 Å². The van der Waals surface area contributed by atoms with Gasteiger partial charge in [0.15, 0.2) is 0 Å². The average Bonchev–Trinajstić information content (AvgIpc) is 2.64. The monoisotopic (exact) mass is 354 g/mol. The van der Waals surface area contributed by atoms with E-state index in [0.717, 1.165) is 49.6 Å². The zero-order chi connectivity index (χ0) is 18.4. The molecule has 0 amide bonds. The summed E-state index contributed by atoms with van der Waals surface area (Å²) >= 11 is 0. The van der Waals surface area contributed by atoms with Crippen molar-refractivity contribution >= 4 is 0 Å². The lowest BCUT2D eigenvalue weighted by Gasteiger charge is -2.35. The van der Waals surface area contributed by atoms with E-state index < -0.39 is 6.10 Å². The van der Waals surface area contributed by atoms with Gasteiger partial charge in [-0.15, -0.1) is 0 Å². The van der Waals surface area contributed by atoms with Gasteiger partial charge in [0.25, 0.3) is 0 Å². The molecule has 1 aliphatic heterocycles. The molecule has 1 aliphatic rings. The first-order valence-electron chi connectivity index (χ1n) is 9.47. The van der Waals surface area contributed by atoms with Crippen LogP contribution in [0.5, 0.6) is 5.75 Å². The summed E-state index contributed by atoms with van der Waals surface area (Å²) in [5.74, 6) is 0.902. The van der Waals surface area contributed by atoms with Crippen LogP contribution in [0, 0.1) is 13.8 Å². The van der Waals surface area contributed by atoms with E-state index in [-0.39, 0.29) is 0 Å². The minimum absolute atomic E-state index is 0.343. The van der Waals surface area contributed by atoms with Gasteiger partial charge >= 0.3 is 0 Å². The summed E-state index contributed by atoms with van der Waals surface area (Å²) in [7, 11) is 0. The number of rotatable bonds is 7. The van der Waals surface area contributed by atoms with Gasteiger partial charge in [-0.2, -0.15) is 0 Å². The molecule has 1 N–H and O–H groups in total. The van der Waals surface area contributed by atoms with Gasteiger partial charge in [0.2, 0.25) is 0 Å². The van der Waals surface area contributed by atoms with E-state index in [4.69, 9.17) is 4.74 Å². The van der Waals surface area contributed by atoms with Gasteiger partial charge < -0.3 is 9.84 Å². The highest BCUT2D eigenvalue weighted by molar-refractivity contribution is 5.39. The number of benzene rings is 2. The molecular weight excluding hydrogens is 324 g/mol. The number of aryl methyl sites for hydroxylation is 2. The third-order valence-electron chi connectivity index (χ3n) is 5.01. The first kappa shape index (κ1) is 18.9. The first-order valence-corrected chi connectivity index (χ1v) is 9.47. The van der Waals surface area contributed by atoms with Crippen molar-refractivity contribution in [2.45, 2.75) is 26.5 Å². The molecule has 4 heteroatoms. The second kappa shape index (κ2) is 9.17. The summed E-state index contributed by atoms with van der Waals surface area (Å²) in [6, 6.07) is 16.7. The molecule has 0 saturated carbocycles. The van der Waals surface area contributed by atoms with E-state index in [1.165, 1.54) is 5.56 Å². The number of hydrogen-bond donors (Lipinski definition) is 1. The van der Waals surface area contributed by atoms with Gasteiger partial charge in [0, 0.05) is 39.3 Å². The van der Waals surface area contributed by atoms with Crippen molar-refractivity contribution in [3.8, 4) is 5.75 Å². The molecule has 4 nitrogen and oxygen atoms in total. The number of piperazine rings is 1. The van der Waals surface area contributed by atoms with Crippen molar-refractivity contribution in [1.29, 1.82) is 0 Å². The fourth-order valence-electron chi connectivity index (χ4n) is 3.53. The predicted octanol–water partition coefficient (Wildman–Crippen LogP) is 2.86. The lowest BCUT2D eigenvalue weighted by atomic mass is 10.1. The highest BCUT2D eigenvalue weighted by Crippen LogP contribution is 2.22. The van der Waals surface area contributed by atoms with Gasteiger partial charge in [-0.05, 0) is 30.5 Å². The number of para-hydroxylation sites is 1. The van der Waals surface area contributed by atoms with E-state index in [1.807, 2.05) is 32.0 Å². The summed E-state index contributed by atoms with van der Waals surface area (Å²) in [5, 5.41) is 10.4. The second-order valence-electron chi connectivity index (χ2n) is 7.25. The van der Waals surface area contributed by atoms with E-state index >= 15 is 0 Å². The summed E-state index contributed by atoms with van der Waals surface area (Å²) in [4.78, 5) is 4.81. The maximum atomic E-state index is 10.4. The number of β-amino-alcohol motifs (C(OH)–C–C–N with tert-alkyl or cyclic N) is 1. The topological polar surface area (TPSA) is 35.9 Å². The largest absolute Gasteiger partial charge is 0.490 e. The van der Waals surface area contributed by atoms with Crippen LogP contribution < -0.4 is 4.74 Å². The molecule has 0 aliphatic carbocycles. The lowest BCUT2D eigenvalue weighted by molar-refractivity contribution is 0.0443. The zero-order valence-electron chi connectivity index (χ0n) is 15.9. The smallest absolute Gasteiger partial charge is 0.125 e. The SMILES string of the molecule is Cc1cccc(C)c1OC[C@@H](O)CN1CCN(Cc2ccccc2)CC1. The molecule has 26 heavy (non-hydrogen) atoms. The van der Waals surface area contributed by atoms with Crippen LogP contribution >= 0.6 is 0 Å². The van der Waals surface area contributed by atoms with E-state index in [0.29, 0.717) is 13.2 Å². The molecule has 1 fully saturated rings. The van der Waals surface area contributed by atoms with Gasteiger partial charge in [-0.25, -0.2) is 0 Å². The normalized spacial score (nSPS) is 17.2. The predicted molar refractivity (Wildman–Crippen MR) is 106 cm³/mol. The van der Waals surface area contributed by atoms with Crippen molar-refractivity contribution in [1.82, 2.24) is 9.80 Å². The summed E-state index contributed by atoms with van der Waals surface area (Å²) < 4.78 is 5.88. The van der Waals surface area contributed by atoms with Crippen LogP contribution in [0.1, 0.15) is 16.7 Å². The molecule has 0 bridgehead atoms. The molecule has 140 valence electrons. The van der Waals surface area contributed by atoms with Crippen molar-refractivity contribution in [2.24, 2.45) is 0 Å². The fraction of sp³-hybridized carbons (Fsp3) is 0.455. The van der Waals surface area contributed by atoms with E-state index in [9.17, 15) is 5.11 Å². The van der Waals surface area contributed by atoms with Crippen LogP contribution in [0.25, 0.3) is 0 Å². The molecule has 1 atom stereocenters. The third kappa shape index (κ3) is 5.31. The van der Waals surface area contributed by atoms with Gasteiger partial charge in [0.1, 0.15) is 18.5 Å². The maximum absolute atomic E-state index is 10.4. The summed E-state index contributed by atoms with van der Waals surface area (Å²) in [5.41, 5.74) is 3.60. The minimum atomic E-state index is -0.463. The summed E-state index contributed by atoms with van der Waals surface area (Å²) in [6.07, 6.45) is -0.463. The molecule has 3 rings (SSSR count). The molecule has 2 aromatic rings. The molecular formula is C22H30N2O2.